The lowest BCUT2D eigenvalue weighted by Crippen LogP contribution is -2.36. The minimum absolute atomic E-state index is 0.210. The summed E-state index contributed by atoms with van der Waals surface area (Å²) in [5.74, 6) is -1.23. The van der Waals surface area contributed by atoms with E-state index in [-0.39, 0.29) is 17.1 Å². The SMILES string of the molecule is Cc1cc(=O)c(O)c(CN2CCC(C(=O)O)CC2)n1C. The Morgan fingerprint density at radius 2 is 2.00 bits per heavy atom. The molecule has 110 valence electrons. The number of likely N-dealkylation sites (tertiary alicyclic amines) is 1. The Balaban J connectivity index is 2.12. The number of hydrogen-bond donors (Lipinski definition) is 2. The number of aliphatic carboxylic acids is 1. The number of aromatic hydroxyl groups is 1. The van der Waals surface area contributed by atoms with E-state index in [1.165, 1.54) is 6.07 Å². The monoisotopic (exact) mass is 280 g/mol. The van der Waals surface area contributed by atoms with Crippen molar-refractivity contribution in [3.63, 3.8) is 0 Å². The summed E-state index contributed by atoms with van der Waals surface area (Å²) in [4.78, 5) is 24.6. The molecule has 2 rings (SSSR count). The van der Waals surface area contributed by atoms with E-state index >= 15 is 0 Å². The zero-order chi connectivity index (χ0) is 14.9. The predicted octanol–water partition coefficient (Wildman–Crippen LogP) is 0.696. The minimum atomic E-state index is -0.740. The summed E-state index contributed by atoms with van der Waals surface area (Å²) in [5, 5.41) is 18.9. The van der Waals surface area contributed by atoms with Crippen molar-refractivity contribution in [2.45, 2.75) is 26.3 Å². The summed E-state index contributed by atoms with van der Waals surface area (Å²) in [6.45, 7) is 3.61. The molecule has 0 amide bonds. The highest BCUT2D eigenvalue weighted by atomic mass is 16.4. The van der Waals surface area contributed by atoms with Crippen molar-refractivity contribution < 1.29 is 15.0 Å². The molecule has 6 nitrogen and oxygen atoms in total. The lowest BCUT2D eigenvalue weighted by molar-refractivity contribution is -0.143. The third-order valence-electron chi connectivity index (χ3n) is 4.09. The molecular weight excluding hydrogens is 260 g/mol. The highest BCUT2D eigenvalue weighted by Gasteiger charge is 2.25. The second kappa shape index (κ2) is 5.66. The van der Waals surface area contributed by atoms with Crippen molar-refractivity contribution in [3.05, 3.63) is 27.7 Å². The quantitative estimate of drug-likeness (QED) is 0.851. The van der Waals surface area contributed by atoms with Gasteiger partial charge < -0.3 is 14.8 Å². The van der Waals surface area contributed by atoms with Gasteiger partial charge in [0.25, 0.3) is 0 Å². The van der Waals surface area contributed by atoms with Gasteiger partial charge in [-0.25, -0.2) is 0 Å². The molecule has 1 aromatic rings. The summed E-state index contributed by atoms with van der Waals surface area (Å²) >= 11 is 0. The van der Waals surface area contributed by atoms with Gasteiger partial charge in [0.1, 0.15) is 0 Å². The lowest BCUT2D eigenvalue weighted by atomic mass is 9.97. The fraction of sp³-hybridized carbons (Fsp3) is 0.571. The first-order valence-corrected chi connectivity index (χ1v) is 6.73. The van der Waals surface area contributed by atoms with E-state index in [2.05, 4.69) is 4.90 Å². The molecule has 2 N–H and O–H groups in total. The van der Waals surface area contributed by atoms with Gasteiger partial charge in [-0.1, -0.05) is 0 Å². The number of rotatable bonds is 3. The fourth-order valence-corrected chi connectivity index (χ4v) is 2.60. The largest absolute Gasteiger partial charge is 0.503 e. The van der Waals surface area contributed by atoms with Crippen molar-refractivity contribution in [3.8, 4) is 5.75 Å². The second-order valence-corrected chi connectivity index (χ2v) is 5.39. The number of carbonyl (C=O) groups is 1. The van der Waals surface area contributed by atoms with Crippen LogP contribution in [0.5, 0.6) is 5.75 Å². The molecule has 1 aliphatic rings. The molecule has 0 unspecified atom stereocenters. The topological polar surface area (TPSA) is 82.8 Å². The molecule has 0 radical (unpaired) electrons. The summed E-state index contributed by atoms with van der Waals surface area (Å²) < 4.78 is 1.81. The Labute approximate surface area is 117 Å². The summed E-state index contributed by atoms with van der Waals surface area (Å²) in [7, 11) is 1.81. The van der Waals surface area contributed by atoms with Crippen molar-refractivity contribution in [2.24, 2.45) is 13.0 Å². The van der Waals surface area contributed by atoms with Gasteiger partial charge in [-0.3, -0.25) is 14.5 Å². The van der Waals surface area contributed by atoms with Crippen LogP contribution in [0.3, 0.4) is 0 Å². The molecule has 0 aromatic carbocycles. The Morgan fingerprint density at radius 1 is 1.40 bits per heavy atom. The molecule has 0 bridgehead atoms. The Morgan fingerprint density at radius 3 is 2.55 bits per heavy atom. The highest BCUT2D eigenvalue weighted by Crippen LogP contribution is 2.21. The maximum Gasteiger partial charge on any atom is 0.306 e. The first kappa shape index (κ1) is 14.6. The molecule has 1 fully saturated rings. The van der Waals surface area contributed by atoms with E-state index in [1.54, 1.807) is 4.57 Å². The Kier molecular flexibility index (Phi) is 4.13. The maximum absolute atomic E-state index is 11.6. The number of carboxylic acid groups (broad SMARTS) is 1. The van der Waals surface area contributed by atoms with Gasteiger partial charge in [-0.05, 0) is 32.9 Å². The Bertz CT molecular complexity index is 571. The van der Waals surface area contributed by atoms with Crippen LogP contribution in [0.1, 0.15) is 24.2 Å². The number of nitrogens with zero attached hydrogens (tertiary/aromatic N) is 2. The van der Waals surface area contributed by atoms with Crippen LogP contribution in [0, 0.1) is 12.8 Å². The van der Waals surface area contributed by atoms with Crippen LogP contribution >= 0.6 is 0 Å². The summed E-state index contributed by atoms with van der Waals surface area (Å²) in [5.41, 5.74) is 1.02. The number of pyridine rings is 1. The van der Waals surface area contributed by atoms with Gasteiger partial charge in [-0.2, -0.15) is 0 Å². The number of carboxylic acids is 1. The van der Waals surface area contributed by atoms with Gasteiger partial charge in [0.15, 0.2) is 5.75 Å². The third kappa shape index (κ3) is 2.85. The normalized spacial score (nSPS) is 17.3. The van der Waals surface area contributed by atoms with E-state index in [0.29, 0.717) is 38.2 Å². The third-order valence-corrected chi connectivity index (χ3v) is 4.09. The van der Waals surface area contributed by atoms with E-state index < -0.39 is 5.97 Å². The molecule has 0 saturated carbocycles. The average molecular weight is 280 g/mol. The zero-order valence-corrected chi connectivity index (χ0v) is 11.8. The van der Waals surface area contributed by atoms with Gasteiger partial charge in [0.2, 0.25) is 5.43 Å². The molecule has 1 saturated heterocycles. The average Bonchev–Trinajstić information content (AvgIpc) is 2.42. The summed E-state index contributed by atoms with van der Waals surface area (Å²) in [6.07, 6.45) is 1.21. The summed E-state index contributed by atoms with van der Waals surface area (Å²) in [6, 6.07) is 1.41. The van der Waals surface area contributed by atoms with Gasteiger partial charge in [0, 0.05) is 25.4 Å². The number of piperidine rings is 1. The molecule has 0 aliphatic carbocycles. The van der Waals surface area contributed by atoms with Crippen LogP contribution in [0.4, 0.5) is 0 Å². The zero-order valence-electron chi connectivity index (χ0n) is 11.8. The molecular formula is C14H20N2O4. The Hall–Kier alpha value is -1.82. The first-order valence-electron chi connectivity index (χ1n) is 6.73. The fourth-order valence-electron chi connectivity index (χ4n) is 2.60. The predicted molar refractivity (Wildman–Crippen MR) is 73.7 cm³/mol. The minimum Gasteiger partial charge on any atom is -0.503 e. The van der Waals surface area contributed by atoms with Crippen LogP contribution in [0.25, 0.3) is 0 Å². The van der Waals surface area contributed by atoms with Crippen molar-refractivity contribution in [1.29, 1.82) is 0 Å². The molecule has 1 aliphatic heterocycles. The molecule has 2 heterocycles. The maximum atomic E-state index is 11.6. The lowest BCUT2D eigenvalue weighted by Gasteiger charge is -2.30. The molecule has 20 heavy (non-hydrogen) atoms. The van der Waals surface area contributed by atoms with E-state index in [9.17, 15) is 14.7 Å². The first-order chi connectivity index (χ1) is 9.40. The number of hydrogen-bond acceptors (Lipinski definition) is 4. The van der Waals surface area contributed by atoms with Crippen LogP contribution in [0.15, 0.2) is 10.9 Å². The molecule has 0 atom stereocenters. The van der Waals surface area contributed by atoms with Crippen LogP contribution < -0.4 is 5.43 Å². The molecule has 1 aromatic heterocycles. The van der Waals surface area contributed by atoms with Gasteiger partial charge >= 0.3 is 5.97 Å². The highest BCUT2D eigenvalue weighted by molar-refractivity contribution is 5.70. The van der Waals surface area contributed by atoms with Crippen molar-refractivity contribution >= 4 is 5.97 Å². The van der Waals surface area contributed by atoms with E-state index in [1.807, 2.05) is 14.0 Å². The molecule has 6 heteroatoms. The van der Waals surface area contributed by atoms with Crippen molar-refractivity contribution in [2.75, 3.05) is 13.1 Å². The van der Waals surface area contributed by atoms with Crippen LogP contribution in [-0.2, 0) is 18.4 Å². The van der Waals surface area contributed by atoms with Crippen LogP contribution in [0.2, 0.25) is 0 Å². The van der Waals surface area contributed by atoms with Gasteiger partial charge in [0.05, 0.1) is 11.6 Å². The second-order valence-electron chi connectivity index (χ2n) is 5.39. The standard InChI is InChI=1S/C14H20N2O4/c1-9-7-12(17)13(18)11(15(9)2)8-16-5-3-10(4-6-16)14(19)20/h7,10,18H,3-6,8H2,1-2H3,(H,19,20). The number of aromatic nitrogens is 1. The molecule has 0 spiro atoms. The van der Waals surface area contributed by atoms with Gasteiger partial charge in [-0.15, -0.1) is 0 Å². The van der Waals surface area contributed by atoms with E-state index in [0.717, 1.165) is 5.69 Å². The smallest absolute Gasteiger partial charge is 0.306 e. The van der Waals surface area contributed by atoms with E-state index in [4.69, 9.17) is 5.11 Å². The van der Waals surface area contributed by atoms with Crippen molar-refractivity contribution in [1.82, 2.24) is 9.47 Å². The number of aryl methyl sites for hydroxylation is 1. The van der Waals surface area contributed by atoms with Crippen LogP contribution in [-0.4, -0.2) is 38.7 Å².